The number of halogens is 2. The predicted octanol–water partition coefficient (Wildman–Crippen LogP) is 1.73. The van der Waals surface area contributed by atoms with Gasteiger partial charge in [-0.1, -0.05) is 45.7 Å². The van der Waals surface area contributed by atoms with Crippen LogP contribution in [0.1, 0.15) is 27.2 Å². The summed E-state index contributed by atoms with van der Waals surface area (Å²) in [6, 6.07) is 0. The number of carbonyl (C=O) groups excluding carboxylic acids is 2. The summed E-state index contributed by atoms with van der Waals surface area (Å²) in [5.74, 6) is -0.192. The summed E-state index contributed by atoms with van der Waals surface area (Å²) in [6.07, 6.45) is 0.802. The summed E-state index contributed by atoms with van der Waals surface area (Å²) in [7, 11) is 0. The Hall–Kier alpha value is -0.100. The van der Waals surface area contributed by atoms with Crippen LogP contribution in [0.3, 0.4) is 0 Å². The zero-order chi connectivity index (χ0) is 12.5. The van der Waals surface area contributed by atoms with Gasteiger partial charge in [0.05, 0.1) is 10.2 Å². The maximum Gasteiger partial charge on any atom is 0.252 e. The van der Waals surface area contributed by atoms with Crippen molar-refractivity contribution in [2.75, 3.05) is 0 Å². The lowest BCUT2D eigenvalue weighted by atomic mass is 10.1. The van der Waals surface area contributed by atoms with Crippen LogP contribution in [-0.4, -0.2) is 21.5 Å². The normalized spacial score (nSPS) is 29.8. The van der Waals surface area contributed by atoms with E-state index in [0.717, 1.165) is 6.42 Å². The minimum absolute atomic E-state index is 0.147. The molecule has 0 heterocycles. The average Bonchev–Trinajstić information content (AvgIpc) is 2.83. The minimum Gasteiger partial charge on any atom is -0.273 e. The first-order chi connectivity index (χ1) is 7.29. The summed E-state index contributed by atoms with van der Waals surface area (Å²) in [6.45, 7) is 5.72. The van der Waals surface area contributed by atoms with Crippen molar-refractivity contribution in [2.45, 2.75) is 36.8 Å². The third-order valence-corrected chi connectivity index (χ3v) is 5.60. The quantitative estimate of drug-likeness (QED) is 0.598. The van der Waals surface area contributed by atoms with E-state index < -0.39 is 0 Å². The Balaban J connectivity index is 2.36. The Morgan fingerprint density at radius 3 is 2.25 bits per heavy atom. The standard InChI is InChI=1S/C10H16Br2N2O2/c1-5(2)7(12)8(15)13-14-9(16)10(3)4-6(10)11/h5-7H,4H2,1-3H3,(H,13,15)(H,14,16)/t6-,7+,10+/m1/s1. The maximum absolute atomic E-state index is 11.7. The molecule has 0 saturated heterocycles. The number of rotatable bonds is 3. The van der Waals surface area contributed by atoms with Crippen LogP contribution < -0.4 is 10.9 Å². The molecule has 0 aromatic heterocycles. The first-order valence-corrected chi connectivity index (χ1v) is 7.00. The third kappa shape index (κ3) is 2.97. The highest BCUT2D eigenvalue weighted by molar-refractivity contribution is 9.10. The summed E-state index contributed by atoms with van der Waals surface area (Å²) in [5, 5.41) is 0. The van der Waals surface area contributed by atoms with Gasteiger partial charge >= 0.3 is 0 Å². The fourth-order valence-corrected chi connectivity index (χ4v) is 2.18. The van der Waals surface area contributed by atoms with Gasteiger partial charge in [-0.3, -0.25) is 20.4 Å². The van der Waals surface area contributed by atoms with Gasteiger partial charge in [0.1, 0.15) is 0 Å². The van der Waals surface area contributed by atoms with Crippen LogP contribution in [-0.2, 0) is 9.59 Å². The number of carbonyl (C=O) groups is 2. The second kappa shape index (κ2) is 5.04. The molecule has 92 valence electrons. The molecule has 1 aliphatic rings. The number of amides is 2. The monoisotopic (exact) mass is 354 g/mol. The van der Waals surface area contributed by atoms with E-state index in [2.05, 4.69) is 42.7 Å². The topological polar surface area (TPSA) is 58.2 Å². The lowest BCUT2D eigenvalue weighted by molar-refractivity contribution is -0.131. The SMILES string of the molecule is CC(C)[C@H](Br)C(=O)NNC(=O)[C@@]1(C)C[C@H]1Br. The summed E-state index contributed by atoms with van der Waals surface area (Å²) < 4.78 is 0. The summed E-state index contributed by atoms with van der Waals surface area (Å²) in [4.78, 5) is 23.1. The molecular weight excluding hydrogens is 340 g/mol. The van der Waals surface area contributed by atoms with Gasteiger partial charge < -0.3 is 0 Å². The molecule has 3 atom stereocenters. The zero-order valence-corrected chi connectivity index (χ0v) is 12.7. The van der Waals surface area contributed by atoms with Gasteiger partial charge in [0, 0.05) is 4.83 Å². The molecule has 4 nitrogen and oxygen atoms in total. The van der Waals surface area contributed by atoms with Crippen LogP contribution in [0.2, 0.25) is 0 Å². The van der Waals surface area contributed by atoms with Crippen LogP contribution in [0.5, 0.6) is 0 Å². The molecule has 1 aliphatic carbocycles. The van der Waals surface area contributed by atoms with Crippen LogP contribution in [0, 0.1) is 11.3 Å². The largest absolute Gasteiger partial charge is 0.273 e. The predicted molar refractivity (Wildman–Crippen MR) is 69.3 cm³/mol. The number of hydrogen-bond donors (Lipinski definition) is 2. The second-order valence-corrected chi connectivity index (χ2v) is 6.77. The molecule has 0 aromatic rings. The maximum atomic E-state index is 11.7. The van der Waals surface area contributed by atoms with Gasteiger partial charge in [0.25, 0.3) is 5.91 Å². The smallest absolute Gasteiger partial charge is 0.252 e. The van der Waals surface area contributed by atoms with Crippen LogP contribution >= 0.6 is 31.9 Å². The van der Waals surface area contributed by atoms with Gasteiger partial charge in [0.15, 0.2) is 0 Å². The van der Waals surface area contributed by atoms with Gasteiger partial charge in [-0.05, 0) is 19.3 Å². The van der Waals surface area contributed by atoms with Crippen molar-refractivity contribution in [1.29, 1.82) is 0 Å². The minimum atomic E-state index is -0.382. The molecule has 1 fully saturated rings. The molecule has 0 unspecified atom stereocenters. The van der Waals surface area contributed by atoms with Crippen LogP contribution in [0.25, 0.3) is 0 Å². The molecule has 0 bridgehead atoms. The van der Waals surface area contributed by atoms with E-state index in [-0.39, 0.29) is 32.8 Å². The van der Waals surface area contributed by atoms with E-state index in [9.17, 15) is 9.59 Å². The fourth-order valence-electron chi connectivity index (χ4n) is 1.18. The Morgan fingerprint density at radius 1 is 1.38 bits per heavy atom. The van der Waals surface area contributed by atoms with E-state index in [0.29, 0.717) is 0 Å². The Kier molecular flexibility index (Phi) is 4.40. The number of alkyl halides is 2. The average molecular weight is 356 g/mol. The van der Waals surface area contributed by atoms with Crippen molar-refractivity contribution in [3.8, 4) is 0 Å². The van der Waals surface area contributed by atoms with Crippen molar-refractivity contribution >= 4 is 43.7 Å². The van der Waals surface area contributed by atoms with E-state index in [1.807, 2.05) is 20.8 Å². The van der Waals surface area contributed by atoms with Crippen molar-refractivity contribution in [3.05, 3.63) is 0 Å². The van der Waals surface area contributed by atoms with Crippen LogP contribution in [0.15, 0.2) is 0 Å². The second-order valence-electron chi connectivity index (χ2n) is 4.68. The van der Waals surface area contributed by atoms with Gasteiger partial charge in [-0.15, -0.1) is 0 Å². The Morgan fingerprint density at radius 2 is 1.88 bits per heavy atom. The molecule has 1 rings (SSSR count). The number of hydrazine groups is 1. The Labute approximate surface area is 112 Å². The van der Waals surface area contributed by atoms with Gasteiger partial charge in [0.2, 0.25) is 5.91 Å². The molecule has 6 heteroatoms. The molecule has 2 amide bonds. The highest BCUT2D eigenvalue weighted by Gasteiger charge is 2.54. The fraction of sp³-hybridized carbons (Fsp3) is 0.800. The van der Waals surface area contributed by atoms with Crippen molar-refractivity contribution in [2.24, 2.45) is 11.3 Å². The van der Waals surface area contributed by atoms with Gasteiger partial charge in [-0.2, -0.15) is 0 Å². The van der Waals surface area contributed by atoms with E-state index >= 15 is 0 Å². The van der Waals surface area contributed by atoms with Gasteiger partial charge in [-0.25, -0.2) is 0 Å². The lowest BCUT2D eigenvalue weighted by Gasteiger charge is -2.16. The summed E-state index contributed by atoms with van der Waals surface area (Å²) >= 11 is 6.64. The molecular formula is C10H16Br2N2O2. The molecule has 2 N–H and O–H groups in total. The zero-order valence-electron chi connectivity index (χ0n) is 9.51. The third-order valence-electron chi connectivity index (χ3n) is 2.79. The number of nitrogens with one attached hydrogen (secondary N) is 2. The van der Waals surface area contributed by atoms with E-state index in [4.69, 9.17) is 0 Å². The summed E-state index contributed by atoms with van der Waals surface area (Å²) in [5.41, 5.74) is 4.50. The molecule has 1 saturated carbocycles. The molecule has 0 aromatic carbocycles. The lowest BCUT2D eigenvalue weighted by Crippen LogP contribution is -2.48. The van der Waals surface area contributed by atoms with Crippen LogP contribution in [0.4, 0.5) is 0 Å². The molecule has 0 aliphatic heterocycles. The highest BCUT2D eigenvalue weighted by Crippen LogP contribution is 2.51. The Bertz CT molecular complexity index is 309. The molecule has 0 radical (unpaired) electrons. The highest BCUT2D eigenvalue weighted by atomic mass is 79.9. The van der Waals surface area contributed by atoms with Crippen molar-refractivity contribution < 1.29 is 9.59 Å². The van der Waals surface area contributed by atoms with Crippen molar-refractivity contribution in [1.82, 2.24) is 10.9 Å². The number of hydrogen-bond acceptors (Lipinski definition) is 2. The first-order valence-electron chi connectivity index (χ1n) is 5.17. The molecule has 0 spiro atoms. The first kappa shape index (κ1) is 14.0. The molecule has 16 heavy (non-hydrogen) atoms. The van der Waals surface area contributed by atoms with E-state index in [1.165, 1.54) is 0 Å². The van der Waals surface area contributed by atoms with E-state index in [1.54, 1.807) is 0 Å². The van der Waals surface area contributed by atoms with Crippen molar-refractivity contribution in [3.63, 3.8) is 0 Å².